The summed E-state index contributed by atoms with van der Waals surface area (Å²) in [5, 5.41) is 3.13. The lowest BCUT2D eigenvalue weighted by Gasteiger charge is -2.21. The first-order valence-electron chi connectivity index (χ1n) is 20.9. The molecule has 5 aromatic heterocycles. The summed E-state index contributed by atoms with van der Waals surface area (Å²) >= 11 is 0. The van der Waals surface area contributed by atoms with Crippen molar-refractivity contribution in [2.24, 2.45) is 0 Å². The van der Waals surface area contributed by atoms with Crippen LogP contribution < -0.4 is 5.32 Å². The number of hydrogen-bond donors (Lipinski definition) is 3. The van der Waals surface area contributed by atoms with Crippen molar-refractivity contribution in [2.45, 2.75) is 51.7 Å². The molecule has 67 heavy (non-hydrogen) atoms. The van der Waals surface area contributed by atoms with E-state index in [2.05, 4.69) is 15.3 Å². The highest BCUT2D eigenvalue weighted by Gasteiger charge is 2.40. The van der Waals surface area contributed by atoms with Crippen LogP contribution in [0.5, 0.6) is 0 Å². The Labute approximate surface area is 379 Å². The number of fused-ring (bicyclic) bond motifs is 3. The second-order valence-corrected chi connectivity index (χ2v) is 15.3. The number of esters is 6. The van der Waals surface area contributed by atoms with Gasteiger partial charge in [0.2, 0.25) is 19.4 Å². The van der Waals surface area contributed by atoms with Crippen molar-refractivity contribution in [2.75, 3.05) is 12.1 Å². The number of furan rings is 3. The summed E-state index contributed by atoms with van der Waals surface area (Å²) in [4.78, 5) is 82.8. The third-order valence-electron chi connectivity index (χ3n) is 10.7. The summed E-state index contributed by atoms with van der Waals surface area (Å²) in [6, 6.07) is 28.4. The number of rotatable bonds is 15. The Hall–Kier alpha value is -8.80. The van der Waals surface area contributed by atoms with Crippen LogP contribution in [-0.2, 0) is 33.2 Å². The molecule has 1 aliphatic rings. The molecule has 1 aliphatic heterocycles. The molecule has 0 aliphatic carbocycles. The van der Waals surface area contributed by atoms with Crippen molar-refractivity contribution in [3.05, 3.63) is 149 Å². The molecular formula is C49H39N3O15. The molecule has 0 bridgehead atoms. The van der Waals surface area contributed by atoms with Gasteiger partial charge in [-0.25, -0.2) is 28.8 Å². The van der Waals surface area contributed by atoms with E-state index in [0.29, 0.717) is 61.9 Å². The molecule has 8 aromatic rings. The summed E-state index contributed by atoms with van der Waals surface area (Å²) in [5.74, 6) is -3.40. The highest BCUT2D eigenvalue weighted by atomic mass is 16.7. The summed E-state index contributed by atoms with van der Waals surface area (Å²) in [5.41, 5.74) is 4.36. The van der Waals surface area contributed by atoms with Gasteiger partial charge >= 0.3 is 35.8 Å². The number of nitrogens with one attached hydrogen (secondary N) is 3. The van der Waals surface area contributed by atoms with Crippen molar-refractivity contribution in [1.29, 1.82) is 0 Å². The van der Waals surface area contributed by atoms with Crippen LogP contribution in [0.15, 0.2) is 129 Å². The van der Waals surface area contributed by atoms with Gasteiger partial charge in [0, 0.05) is 60.7 Å². The first-order valence-corrected chi connectivity index (χ1v) is 20.9. The molecule has 0 radical (unpaired) electrons. The van der Waals surface area contributed by atoms with E-state index < -0.39 is 67.1 Å². The molecule has 18 nitrogen and oxygen atoms in total. The van der Waals surface area contributed by atoms with E-state index in [1.54, 1.807) is 92.7 Å². The van der Waals surface area contributed by atoms with Crippen LogP contribution in [0.3, 0.4) is 0 Å². The molecular weight excluding hydrogens is 871 g/mol. The van der Waals surface area contributed by atoms with E-state index in [9.17, 15) is 28.8 Å². The third-order valence-corrected chi connectivity index (χ3v) is 10.7. The Morgan fingerprint density at radius 2 is 1.24 bits per heavy atom. The minimum Gasteiger partial charge on any atom is -0.463 e. The zero-order valence-electron chi connectivity index (χ0n) is 35.8. The van der Waals surface area contributed by atoms with E-state index >= 15 is 0 Å². The normalized spacial score (nSPS) is 15.0. The highest BCUT2D eigenvalue weighted by Crippen LogP contribution is 2.42. The number of benzene rings is 3. The molecule has 6 heterocycles. The van der Waals surface area contributed by atoms with E-state index in [-0.39, 0.29) is 28.9 Å². The van der Waals surface area contributed by atoms with Crippen LogP contribution in [-0.4, -0.2) is 71.2 Å². The van der Waals surface area contributed by atoms with Crippen LogP contribution in [0.4, 0.5) is 5.69 Å². The number of ether oxygens (including phenoxy) is 6. The quantitative estimate of drug-likeness (QED) is 0.0493. The standard InChI is InChI=1S/C49H39N3O15/c1-4-41(66-45(54)27-10-6-5-7-11-27)67-49(58)42-25(2)43-34(52-42)21-38(65-43)29-13-9-15-31(19-29)46(55)62-26(3)63-48(57)36-23-40-33(51-36)20-37(64-40)28-12-8-14-30(18-28)44(53)60-24-61-47(56)35-22-39-32(50-35)16-17-59-39/h5-23,25-26,41-42,50-52H,4,24H2,1-3H3. The molecule has 4 atom stereocenters. The van der Waals surface area contributed by atoms with Gasteiger partial charge in [0.1, 0.15) is 34.7 Å². The Bertz CT molecular complexity index is 3110. The fraction of sp³-hybridized carbons (Fsp3) is 0.184. The monoisotopic (exact) mass is 909 g/mol. The molecule has 3 aromatic carbocycles. The topological polar surface area (TPSA) is 241 Å². The minimum absolute atomic E-state index is 0.0332. The Balaban J connectivity index is 0.758. The molecule has 0 spiro atoms. The predicted molar refractivity (Wildman–Crippen MR) is 235 cm³/mol. The number of H-pyrrole nitrogens is 2. The number of aromatic amines is 2. The largest absolute Gasteiger partial charge is 0.463 e. The van der Waals surface area contributed by atoms with Gasteiger partial charge in [-0.1, -0.05) is 56.3 Å². The average Bonchev–Trinajstić information content (AvgIpc) is 4.19. The predicted octanol–water partition coefficient (Wildman–Crippen LogP) is 9.13. The van der Waals surface area contributed by atoms with Gasteiger partial charge in [-0.3, -0.25) is 0 Å². The van der Waals surface area contributed by atoms with E-state index in [4.69, 9.17) is 41.7 Å². The summed E-state index contributed by atoms with van der Waals surface area (Å²) < 4.78 is 49.3. The third kappa shape index (κ3) is 9.26. The van der Waals surface area contributed by atoms with Crippen molar-refractivity contribution < 1.29 is 70.4 Å². The molecule has 18 heteroatoms. The van der Waals surface area contributed by atoms with Gasteiger partial charge in [-0.15, -0.1) is 0 Å². The van der Waals surface area contributed by atoms with E-state index in [0.717, 1.165) is 0 Å². The lowest BCUT2D eigenvalue weighted by Crippen LogP contribution is -2.35. The van der Waals surface area contributed by atoms with Gasteiger partial charge in [0.15, 0.2) is 11.2 Å². The number of aromatic nitrogens is 2. The lowest BCUT2D eigenvalue weighted by molar-refractivity contribution is -0.170. The molecule has 9 rings (SSSR count). The smallest absolute Gasteiger partial charge is 0.357 e. The zero-order chi connectivity index (χ0) is 46.8. The Morgan fingerprint density at radius 3 is 1.94 bits per heavy atom. The fourth-order valence-corrected chi connectivity index (χ4v) is 7.35. The van der Waals surface area contributed by atoms with Crippen molar-refractivity contribution in [3.63, 3.8) is 0 Å². The molecule has 0 fully saturated rings. The van der Waals surface area contributed by atoms with Crippen LogP contribution in [0.1, 0.15) is 90.9 Å². The molecule has 0 saturated heterocycles. The van der Waals surface area contributed by atoms with Gasteiger partial charge in [-0.05, 0) is 36.4 Å². The van der Waals surface area contributed by atoms with Crippen LogP contribution in [0.2, 0.25) is 0 Å². The highest BCUT2D eigenvalue weighted by molar-refractivity contribution is 5.96. The maximum atomic E-state index is 13.2. The number of hydrogen-bond acceptors (Lipinski definition) is 16. The lowest BCUT2D eigenvalue weighted by atomic mass is 10.0. The van der Waals surface area contributed by atoms with Gasteiger partial charge in [0.05, 0.1) is 39.7 Å². The molecule has 3 N–H and O–H groups in total. The maximum absolute atomic E-state index is 13.2. The van der Waals surface area contributed by atoms with Crippen LogP contribution in [0.25, 0.3) is 44.8 Å². The van der Waals surface area contributed by atoms with Crippen LogP contribution in [0, 0.1) is 0 Å². The van der Waals surface area contributed by atoms with Crippen molar-refractivity contribution >= 4 is 63.7 Å². The van der Waals surface area contributed by atoms with Gasteiger partial charge in [-0.2, -0.15) is 0 Å². The minimum atomic E-state index is -1.29. The number of anilines is 1. The van der Waals surface area contributed by atoms with Crippen LogP contribution >= 0.6 is 0 Å². The average molecular weight is 910 g/mol. The SMILES string of the molecule is CCC(OC(=O)c1ccccc1)OC(=O)C1Nc2cc(-c3cccc(C(=O)OC(C)OC(=O)c4cc5oc(-c6cccc(C(=O)OCOC(=O)c7cc8occc8[nH]7)c6)cc5[nH]4)c3)oc2C1C. The number of carbonyl (C=O) groups is 6. The zero-order valence-corrected chi connectivity index (χ0v) is 35.8. The first kappa shape index (κ1) is 43.5. The second kappa shape index (κ2) is 18.4. The summed E-state index contributed by atoms with van der Waals surface area (Å²) in [6.45, 7) is 4.31. The van der Waals surface area contributed by atoms with Gasteiger partial charge in [0.25, 0.3) is 0 Å². The molecule has 0 saturated carbocycles. The summed E-state index contributed by atoms with van der Waals surface area (Å²) in [6.07, 6.45) is -0.640. The molecule has 340 valence electrons. The Morgan fingerprint density at radius 1 is 0.612 bits per heavy atom. The Kier molecular flexibility index (Phi) is 11.9. The van der Waals surface area contributed by atoms with Crippen molar-refractivity contribution in [1.82, 2.24) is 9.97 Å². The molecule has 4 unspecified atom stereocenters. The number of carbonyl (C=O) groups excluding carboxylic acids is 6. The second-order valence-electron chi connectivity index (χ2n) is 15.3. The van der Waals surface area contributed by atoms with Crippen molar-refractivity contribution in [3.8, 4) is 22.6 Å². The first-order chi connectivity index (χ1) is 32.4. The summed E-state index contributed by atoms with van der Waals surface area (Å²) in [7, 11) is 0. The van der Waals surface area contributed by atoms with E-state index in [1.165, 1.54) is 43.5 Å². The van der Waals surface area contributed by atoms with Gasteiger partial charge < -0.3 is 57.0 Å². The fourth-order valence-electron chi connectivity index (χ4n) is 7.35. The van der Waals surface area contributed by atoms with E-state index in [1.807, 2.05) is 0 Å². The molecule has 0 amide bonds. The maximum Gasteiger partial charge on any atom is 0.357 e.